The number of amides is 1. The Morgan fingerprint density at radius 1 is 1.29 bits per heavy atom. The molecule has 0 aliphatic carbocycles. The van der Waals surface area contributed by atoms with E-state index in [4.69, 9.17) is 5.14 Å². The van der Waals surface area contributed by atoms with Crippen molar-refractivity contribution in [2.45, 2.75) is 24.9 Å². The second kappa shape index (κ2) is 6.06. The van der Waals surface area contributed by atoms with Crippen LogP contribution in [0.25, 0.3) is 0 Å². The summed E-state index contributed by atoms with van der Waals surface area (Å²) in [7, 11) is -3.69. The molecule has 0 fully saturated rings. The van der Waals surface area contributed by atoms with E-state index in [0.29, 0.717) is 18.8 Å². The van der Waals surface area contributed by atoms with Crippen LogP contribution in [0.2, 0.25) is 0 Å². The van der Waals surface area contributed by atoms with Crippen molar-refractivity contribution in [3.05, 3.63) is 47.8 Å². The van der Waals surface area contributed by atoms with Gasteiger partial charge in [-0.25, -0.2) is 13.6 Å². The first kappa shape index (κ1) is 15.2. The standard InChI is InChI=1S/C13H16N4O3S/c1-2-17-12(7-8-16-17)13(18)15-9-10-3-5-11(6-4-10)21(14,19)20/h3-8H,2,9H2,1H3,(H,15,18)(H2,14,19,20). The van der Waals surface area contributed by atoms with Crippen molar-refractivity contribution >= 4 is 15.9 Å². The van der Waals surface area contributed by atoms with Crippen molar-refractivity contribution in [2.75, 3.05) is 0 Å². The number of benzene rings is 1. The van der Waals surface area contributed by atoms with Crippen LogP contribution < -0.4 is 10.5 Å². The van der Waals surface area contributed by atoms with Crippen molar-refractivity contribution in [1.82, 2.24) is 15.1 Å². The number of nitrogens with one attached hydrogen (secondary N) is 1. The number of sulfonamides is 1. The van der Waals surface area contributed by atoms with Gasteiger partial charge in [0.15, 0.2) is 0 Å². The minimum Gasteiger partial charge on any atom is -0.347 e. The molecule has 0 unspecified atom stereocenters. The van der Waals surface area contributed by atoms with Gasteiger partial charge in [-0.2, -0.15) is 5.10 Å². The van der Waals surface area contributed by atoms with E-state index in [9.17, 15) is 13.2 Å². The molecule has 3 N–H and O–H groups in total. The molecule has 0 atom stereocenters. The third kappa shape index (κ3) is 3.67. The quantitative estimate of drug-likeness (QED) is 0.837. The number of carbonyl (C=O) groups is 1. The molecule has 0 bridgehead atoms. The van der Waals surface area contributed by atoms with Crippen LogP contribution in [0.1, 0.15) is 23.0 Å². The van der Waals surface area contributed by atoms with Crippen LogP contribution in [-0.2, 0) is 23.1 Å². The summed E-state index contributed by atoms with van der Waals surface area (Å²) in [4.78, 5) is 12.0. The highest BCUT2D eigenvalue weighted by molar-refractivity contribution is 7.89. The number of aryl methyl sites for hydroxylation is 1. The van der Waals surface area contributed by atoms with Crippen molar-refractivity contribution in [1.29, 1.82) is 0 Å². The summed E-state index contributed by atoms with van der Waals surface area (Å²) < 4.78 is 23.9. The van der Waals surface area contributed by atoms with Gasteiger partial charge in [0.1, 0.15) is 5.69 Å². The molecule has 8 heteroatoms. The van der Waals surface area contributed by atoms with Crippen LogP contribution in [-0.4, -0.2) is 24.1 Å². The van der Waals surface area contributed by atoms with Crippen molar-refractivity contribution < 1.29 is 13.2 Å². The maximum atomic E-state index is 12.0. The lowest BCUT2D eigenvalue weighted by Gasteiger charge is -2.07. The van der Waals surface area contributed by atoms with Gasteiger partial charge < -0.3 is 5.32 Å². The summed E-state index contributed by atoms with van der Waals surface area (Å²) in [6.07, 6.45) is 1.57. The fourth-order valence-electron chi connectivity index (χ4n) is 1.85. The second-order valence-corrected chi connectivity index (χ2v) is 5.97. The van der Waals surface area contributed by atoms with E-state index in [2.05, 4.69) is 10.4 Å². The van der Waals surface area contributed by atoms with E-state index in [1.165, 1.54) is 12.1 Å². The number of nitrogens with zero attached hydrogens (tertiary/aromatic N) is 2. The van der Waals surface area contributed by atoms with Gasteiger partial charge >= 0.3 is 0 Å². The SMILES string of the molecule is CCn1nccc1C(=O)NCc1ccc(S(N)(=O)=O)cc1. The van der Waals surface area contributed by atoms with Crippen LogP contribution in [0.5, 0.6) is 0 Å². The van der Waals surface area contributed by atoms with E-state index in [0.717, 1.165) is 5.56 Å². The average Bonchev–Trinajstić information content (AvgIpc) is 2.92. The maximum absolute atomic E-state index is 12.0. The number of hydrogen-bond donors (Lipinski definition) is 2. The molecule has 1 heterocycles. The minimum atomic E-state index is -3.69. The predicted octanol–water partition coefficient (Wildman–Crippen LogP) is 0.480. The molecule has 0 radical (unpaired) electrons. The number of primary sulfonamides is 1. The van der Waals surface area contributed by atoms with Gasteiger partial charge in [-0.15, -0.1) is 0 Å². The Morgan fingerprint density at radius 3 is 2.52 bits per heavy atom. The van der Waals surface area contributed by atoms with Gasteiger partial charge in [-0.1, -0.05) is 12.1 Å². The van der Waals surface area contributed by atoms with Gasteiger partial charge in [0.25, 0.3) is 5.91 Å². The molecule has 0 saturated heterocycles. The Kier molecular flexibility index (Phi) is 4.39. The lowest BCUT2D eigenvalue weighted by atomic mass is 10.2. The molecule has 112 valence electrons. The van der Waals surface area contributed by atoms with Gasteiger partial charge in [-0.3, -0.25) is 9.48 Å². The summed E-state index contributed by atoms with van der Waals surface area (Å²) in [6.45, 7) is 2.80. The summed E-state index contributed by atoms with van der Waals surface area (Å²) in [5.41, 5.74) is 1.26. The first-order valence-electron chi connectivity index (χ1n) is 6.33. The van der Waals surface area contributed by atoms with E-state index in [-0.39, 0.29) is 10.8 Å². The highest BCUT2D eigenvalue weighted by atomic mass is 32.2. The first-order chi connectivity index (χ1) is 9.91. The third-order valence-corrected chi connectivity index (χ3v) is 3.88. The van der Waals surface area contributed by atoms with E-state index in [1.807, 2.05) is 6.92 Å². The fraction of sp³-hybridized carbons (Fsp3) is 0.231. The minimum absolute atomic E-state index is 0.0432. The lowest BCUT2D eigenvalue weighted by Crippen LogP contribution is -2.25. The predicted molar refractivity (Wildman–Crippen MR) is 76.9 cm³/mol. The number of hydrogen-bond acceptors (Lipinski definition) is 4. The molecule has 0 aliphatic rings. The molecule has 1 aromatic carbocycles. The highest BCUT2D eigenvalue weighted by Crippen LogP contribution is 2.09. The molecule has 21 heavy (non-hydrogen) atoms. The topological polar surface area (TPSA) is 107 Å². The summed E-state index contributed by atoms with van der Waals surface area (Å²) in [5.74, 6) is -0.232. The Morgan fingerprint density at radius 2 is 1.95 bits per heavy atom. The van der Waals surface area contributed by atoms with Crippen molar-refractivity contribution in [3.8, 4) is 0 Å². The smallest absolute Gasteiger partial charge is 0.269 e. The summed E-state index contributed by atoms with van der Waals surface area (Å²) >= 11 is 0. The average molecular weight is 308 g/mol. The van der Waals surface area contributed by atoms with Crippen LogP contribution >= 0.6 is 0 Å². The number of aromatic nitrogens is 2. The van der Waals surface area contributed by atoms with E-state index in [1.54, 1.807) is 29.1 Å². The van der Waals surface area contributed by atoms with E-state index < -0.39 is 10.0 Å². The molecular weight excluding hydrogens is 292 g/mol. The van der Waals surface area contributed by atoms with Crippen molar-refractivity contribution in [3.63, 3.8) is 0 Å². The number of carbonyl (C=O) groups excluding carboxylic acids is 1. The zero-order chi connectivity index (χ0) is 15.5. The van der Waals surface area contributed by atoms with Crippen LogP contribution in [0, 0.1) is 0 Å². The lowest BCUT2D eigenvalue weighted by molar-refractivity contribution is 0.0940. The van der Waals surface area contributed by atoms with Crippen molar-refractivity contribution in [2.24, 2.45) is 5.14 Å². The summed E-state index contributed by atoms with van der Waals surface area (Å²) in [6, 6.07) is 7.68. The zero-order valence-electron chi connectivity index (χ0n) is 11.5. The monoisotopic (exact) mass is 308 g/mol. The van der Waals surface area contributed by atoms with Gasteiger partial charge in [-0.05, 0) is 30.7 Å². The highest BCUT2D eigenvalue weighted by Gasteiger charge is 2.11. The molecule has 1 amide bonds. The molecule has 1 aromatic heterocycles. The van der Waals surface area contributed by atoms with Gasteiger partial charge in [0.2, 0.25) is 10.0 Å². The molecule has 0 aliphatic heterocycles. The molecule has 2 aromatic rings. The Balaban J connectivity index is 2.02. The molecule has 0 spiro atoms. The zero-order valence-corrected chi connectivity index (χ0v) is 12.3. The number of nitrogens with two attached hydrogens (primary N) is 1. The van der Waals surface area contributed by atoms with Gasteiger partial charge in [0.05, 0.1) is 4.90 Å². The molecular formula is C13H16N4O3S. The molecule has 2 rings (SSSR count). The van der Waals surface area contributed by atoms with Crippen LogP contribution in [0.15, 0.2) is 41.4 Å². The van der Waals surface area contributed by atoms with E-state index >= 15 is 0 Å². The second-order valence-electron chi connectivity index (χ2n) is 4.40. The largest absolute Gasteiger partial charge is 0.347 e. The van der Waals surface area contributed by atoms with Crippen LogP contribution in [0.4, 0.5) is 0 Å². The Bertz CT molecular complexity index is 735. The van der Waals surface area contributed by atoms with Crippen LogP contribution in [0.3, 0.4) is 0 Å². The van der Waals surface area contributed by atoms with Gasteiger partial charge in [0, 0.05) is 19.3 Å². The molecule has 7 nitrogen and oxygen atoms in total. The number of rotatable bonds is 5. The molecule has 0 saturated carbocycles. The normalized spacial score (nSPS) is 11.3. The fourth-order valence-corrected chi connectivity index (χ4v) is 2.36. The summed E-state index contributed by atoms with van der Waals surface area (Å²) in [5, 5.41) is 11.8. The maximum Gasteiger partial charge on any atom is 0.269 e. The Hall–Kier alpha value is -2.19. The first-order valence-corrected chi connectivity index (χ1v) is 7.88. The Labute approximate surface area is 122 Å². The third-order valence-electron chi connectivity index (χ3n) is 2.95.